The van der Waals surface area contributed by atoms with E-state index < -0.39 is 0 Å². The molecule has 0 N–H and O–H groups in total. The summed E-state index contributed by atoms with van der Waals surface area (Å²) >= 11 is 0. The Labute approximate surface area is 147 Å². The van der Waals surface area contributed by atoms with Crippen LogP contribution in [0, 0.1) is 13.8 Å². The lowest BCUT2D eigenvalue weighted by Crippen LogP contribution is -2.36. The van der Waals surface area contributed by atoms with Crippen LogP contribution in [0.15, 0.2) is 47.0 Å². The maximum Gasteiger partial charge on any atom is 0.258 e. The summed E-state index contributed by atoms with van der Waals surface area (Å²) in [6.45, 7) is 7.56. The fourth-order valence-electron chi connectivity index (χ4n) is 3.20. The molecule has 1 aliphatic rings. The van der Waals surface area contributed by atoms with E-state index in [-0.39, 0.29) is 0 Å². The minimum atomic E-state index is 0.555. The van der Waals surface area contributed by atoms with Crippen LogP contribution in [0.2, 0.25) is 0 Å². The van der Waals surface area contributed by atoms with Gasteiger partial charge in [-0.15, -0.1) is 0 Å². The molecule has 0 radical (unpaired) electrons. The van der Waals surface area contributed by atoms with Crippen LogP contribution >= 0.6 is 0 Å². The van der Waals surface area contributed by atoms with E-state index in [2.05, 4.69) is 59.2 Å². The normalized spacial score (nSPS) is 14.7. The lowest BCUT2D eigenvalue weighted by molar-refractivity contribution is 0.122. The highest BCUT2D eigenvalue weighted by Gasteiger charge is 2.14. The molecule has 0 aliphatic carbocycles. The van der Waals surface area contributed by atoms with Crippen molar-refractivity contribution in [1.82, 2.24) is 10.1 Å². The van der Waals surface area contributed by atoms with E-state index in [0.29, 0.717) is 11.7 Å². The molecule has 1 aromatic heterocycles. The lowest BCUT2D eigenvalue weighted by Gasteiger charge is -2.28. The smallest absolute Gasteiger partial charge is 0.258 e. The molecular weight excluding hydrogens is 314 g/mol. The lowest BCUT2D eigenvalue weighted by atomic mass is 10.1. The van der Waals surface area contributed by atoms with Gasteiger partial charge in [-0.05, 0) is 50.2 Å². The molecule has 5 heteroatoms. The Balaban J connectivity index is 1.57. The molecule has 1 fully saturated rings. The van der Waals surface area contributed by atoms with E-state index in [0.717, 1.165) is 37.4 Å². The second kappa shape index (κ2) is 6.69. The molecule has 0 spiro atoms. The van der Waals surface area contributed by atoms with E-state index in [4.69, 9.17) is 9.26 Å². The van der Waals surface area contributed by atoms with Gasteiger partial charge in [0.1, 0.15) is 0 Å². The van der Waals surface area contributed by atoms with Gasteiger partial charge >= 0.3 is 0 Å². The van der Waals surface area contributed by atoms with Crippen LogP contribution in [-0.4, -0.2) is 36.4 Å². The molecule has 0 bridgehead atoms. The van der Waals surface area contributed by atoms with Gasteiger partial charge in [0, 0.05) is 29.9 Å². The number of hydrogen-bond donors (Lipinski definition) is 0. The largest absolute Gasteiger partial charge is 0.378 e. The zero-order valence-corrected chi connectivity index (χ0v) is 14.5. The highest BCUT2D eigenvalue weighted by atomic mass is 16.5. The summed E-state index contributed by atoms with van der Waals surface area (Å²) in [5.41, 5.74) is 5.48. The van der Waals surface area contributed by atoms with Crippen LogP contribution in [0.1, 0.15) is 11.1 Å². The van der Waals surface area contributed by atoms with Crippen LogP contribution in [0.5, 0.6) is 0 Å². The third kappa shape index (κ3) is 3.42. The van der Waals surface area contributed by atoms with Crippen LogP contribution in [0.25, 0.3) is 22.8 Å². The van der Waals surface area contributed by atoms with Crippen molar-refractivity contribution in [2.45, 2.75) is 13.8 Å². The molecular formula is C20H21N3O2. The molecule has 0 saturated carbocycles. The summed E-state index contributed by atoms with van der Waals surface area (Å²) < 4.78 is 10.9. The Bertz CT molecular complexity index is 845. The third-order valence-corrected chi connectivity index (χ3v) is 4.40. The molecule has 0 atom stereocenters. The first-order valence-corrected chi connectivity index (χ1v) is 8.54. The standard InChI is InChI=1S/C20H21N3O2/c1-14-11-15(2)13-17(12-14)20-21-19(22-25-20)16-3-5-18(6-4-16)23-7-9-24-10-8-23/h3-6,11-13H,7-10H2,1-2H3. The summed E-state index contributed by atoms with van der Waals surface area (Å²) in [5.74, 6) is 1.17. The minimum absolute atomic E-state index is 0.555. The van der Waals surface area contributed by atoms with E-state index in [1.807, 2.05) is 12.1 Å². The molecule has 1 saturated heterocycles. The Hall–Kier alpha value is -2.66. The van der Waals surface area contributed by atoms with Gasteiger partial charge < -0.3 is 14.2 Å². The van der Waals surface area contributed by atoms with E-state index in [1.165, 1.54) is 16.8 Å². The van der Waals surface area contributed by atoms with Gasteiger partial charge in [0.15, 0.2) is 0 Å². The van der Waals surface area contributed by atoms with E-state index >= 15 is 0 Å². The third-order valence-electron chi connectivity index (χ3n) is 4.40. The molecule has 1 aliphatic heterocycles. The zero-order chi connectivity index (χ0) is 17.2. The molecule has 4 rings (SSSR count). The summed E-state index contributed by atoms with van der Waals surface area (Å²) in [7, 11) is 0. The zero-order valence-electron chi connectivity index (χ0n) is 14.5. The molecule has 2 heterocycles. The van der Waals surface area contributed by atoms with E-state index in [1.54, 1.807) is 0 Å². The van der Waals surface area contributed by atoms with Crippen molar-refractivity contribution in [2.24, 2.45) is 0 Å². The number of rotatable bonds is 3. The Morgan fingerprint density at radius 1 is 0.880 bits per heavy atom. The average Bonchev–Trinajstić information content (AvgIpc) is 3.12. The summed E-state index contributed by atoms with van der Waals surface area (Å²) in [4.78, 5) is 6.89. The predicted octanol–water partition coefficient (Wildman–Crippen LogP) is 3.86. The number of anilines is 1. The van der Waals surface area contributed by atoms with Crippen molar-refractivity contribution in [3.8, 4) is 22.8 Å². The number of nitrogens with zero attached hydrogens (tertiary/aromatic N) is 3. The Morgan fingerprint density at radius 3 is 2.24 bits per heavy atom. The van der Waals surface area contributed by atoms with Crippen LogP contribution in [0.3, 0.4) is 0 Å². The van der Waals surface area contributed by atoms with Gasteiger partial charge in [-0.25, -0.2) is 0 Å². The van der Waals surface area contributed by atoms with E-state index in [9.17, 15) is 0 Å². The first-order chi connectivity index (χ1) is 12.2. The molecule has 0 unspecified atom stereocenters. The van der Waals surface area contributed by atoms with Crippen molar-refractivity contribution in [1.29, 1.82) is 0 Å². The average molecular weight is 335 g/mol. The summed E-state index contributed by atoms with van der Waals surface area (Å²) in [5, 5.41) is 4.14. The van der Waals surface area contributed by atoms with Crippen LogP contribution < -0.4 is 4.90 Å². The Kier molecular flexibility index (Phi) is 4.24. The maximum atomic E-state index is 5.47. The van der Waals surface area contributed by atoms with Crippen LogP contribution in [0.4, 0.5) is 5.69 Å². The first kappa shape index (κ1) is 15.8. The number of aromatic nitrogens is 2. The first-order valence-electron chi connectivity index (χ1n) is 8.54. The van der Waals surface area contributed by atoms with Gasteiger partial charge in [0.05, 0.1) is 13.2 Å². The number of ether oxygens (including phenoxy) is 1. The highest BCUT2D eigenvalue weighted by Crippen LogP contribution is 2.26. The predicted molar refractivity (Wildman–Crippen MR) is 97.7 cm³/mol. The van der Waals surface area contributed by atoms with Gasteiger partial charge in [0.2, 0.25) is 5.82 Å². The second-order valence-electron chi connectivity index (χ2n) is 6.45. The van der Waals surface area contributed by atoms with Crippen molar-refractivity contribution in [3.63, 3.8) is 0 Å². The Morgan fingerprint density at radius 2 is 1.56 bits per heavy atom. The summed E-state index contributed by atoms with van der Waals surface area (Å²) in [6.07, 6.45) is 0. The minimum Gasteiger partial charge on any atom is -0.378 e. The van der Waals surface area contributed by atoms with Crippen molar-refractivity contribution in [2.75, 3.05) is 31.2 Å². The van der Waals surface area contributed by atoms with Gasteiger partial charge in [0.25, 0.3) is 5.89 Å². The number of morpholine rings is 1. The van der Waals surface area contributed by atoms with Crippen molar-refractivity contribution < 1.29 is 9.26 Å². The molecule has 3 aromatic rings. The second-order valence-corrected chi connectivity index (χ2v) is 6.45. The SMILES string of the molecule is Cc1cc(C)cc(-c2nc(-c3ccc(N4CCOCC4)cc3)no2)c1. The number of aryl methyl sites for hydroxylation is 2. The van der Waals surface area contributed by atoms with Crippen molar-refractivity contribution >= 4 is 5.69 Å². The number of benzene rings is 2. The maximum absolute atomic E-state index is 5.47. The molecule has 128 valence electrons. The number of hydrogen-bond acceptors (Lipinski definition) is 5. The summed E-state index contributed by atoms with van der Waals surface area (Å²) in [6, 6.07) is 14.5. The highest BCUT2D eigenvalue weighted by molar-refractivity contribution is 5.63. The fraction of sp³-hybridized carbons (Fsp3) is 0.300. The molecule has 5 nitrogen and oxygen atoms in total. The molecule has 25 heavy (non-hydrogen) atoms. The molecule has 2 aromatic carbocycles. The monoisotopic (exact) mass is 335 g/mol. The van der Waals surface area contributed by atoms with Crippen molar-refractivity contribution in [3.05, 3.63) is 53.6 Å². The van der Waals surface area contributed by atoms with Gasteiger partial charge in [-0.2, -0.15) is 4.98 Å². The fourth-order valence-corrected chi connectivity index (χ4v) is 3.20. The van der Waals surface area contributed by atoms with Gasteiger partial charge in [-0.1, -0.05) is 22.3 Å². The van der Waals surface area contributed by atoms with Gasteiger partial charge in [-0.3, -0.25) is 0 Å². The van der Waals surface area contributed by atoms with Crippen LogP contribution in [-0.2, 0) is 4.74 Å². The quantitative estimate of drug-likeness (QED) is 0.727. The molecule has 0 amide bonds. The topological polar surface area (TPSA) is 51.4 Å².